The van der Waals surface area contributed by atoms with Gasteiger partial charge in [0.15, 0.2) is 0 Å². The van der Waals surface area contributed by atoms with Crippen molar-refractivity contribution in [1.82, 2.24) is 0 Å². The molecule has 0 spiro atoms. The molecule has 1 fully saturated rings. The lowest BCUT2D eigenvalue weighted by atomic mass is 10.2. The van der Waals surface area contributed by atoms with E-state index in [1.54, 1.807) is 6.92 Å². The molecule has 1 saturated heterocycles. The molecule has 0 amide bonds. The Labute approximate surface area is 59.4 Å². The first-order chi connectivity index (χ1) is 4.52. The van der Waals surface area contributed by atoms with Gasteiger partial charge in [-0.1, -0.05) is 6.92 Å². The third-order valence-corrected chi connectivity index (χ3v) is 2.98. The van der Waals surface area contributed by atoms with Gasteiger partial charge in [0.25, 0.3) is 0 Å². The van der Waals surface area contributed by atoms with Crippen LogP contribution >= 0.6 is 0 Å². The minimum Gasteiger partial charge on any atom is -0.380 e. The minimum atomic E-state index is -4.38. The molecule has 0 aliphatic carbocycles. The highest BCUT2D eigenvalue weighted by atomic mass is 32.3. The number of ether oxygens (including phenoxy) is 1. The summed E-state index contributed by atoms with van der Waals surface area (Å²) in [5.41, 5.74) is 0. The molecule has 1 aliphatic heterocycles. The molecule has 1 heterocycles. The average molecular weight is 168 g/mol. The van der Waals surface area contributed by atoms with E-state index in [1.807, 2.05) is 0 Å². The summed E-state index contributed by atoms with van der Waals surface area (Å²) in [4.78, 5) is 0. The van der Waals surface area contributed by atoms with Crippen LogP contribution in [0.2, 0.25) is 0 Å². The van der Waals surface area contributed by atoms with E-state index in [4.69, 9.17) is 4.74 Å². The maximum absolute atomic E-state index is 12.2. The van der Waals surface area contributed by atoms with Crippen LogP contribution in [0.5, 0.6) is 0 Å². The smallest absolute Gasteiger partial charge is 0.307 e. The zero-order valence-electron chi connectivity index (χ0n) is 5.58. The molecule has 0 N–H and O–H groups in total. The molecular weight excluding hydrogens is 159 g/mol. The predicted octanol–water partition coefficient (Wildman–Crippen LogP) is 0.321. The lowest BCUT2D eigenvalue weighted by Crippen LogP contribution is -2.23. The predicted molar refractivity (Wildman–Crippen MR) is 33.8 cm³/mol. The Morgan fingerprint density at radius 3 is 2.30 bits per heavy atom. The molecule has 0 aromatic carbocycles. The summed E-state index contributed by atoms with van der Waals surface area (Å²) in [5, 5.41) is -0.938. The van der Waals surface area contributed by atoms with Gasteiger partial charge >= 0.3 is 10.2 Å². The summed E-state index contributed by atoms with van der Waals surface area (Å²) >= 11 is 0. The van der Waals surface area contributed by atoms with E-state index in [1.165, 1.54) is 0 Å². The van der Waals surface area contributed by atoms with Gasteiger partial charge in [-0.15, -0.1) is 3.89 Å². The van der Waals surface area contributed by atoms with Crippen molar-refractivity contribution < 1.29 is 17.0 Å². The molecule has 60 valence electrons. The second-order valence-corrected chi connectivity index (χ2v) is 4.09. The zero-order chi connectivity index (χ0) is 7.78. The van der Waals surface area contributed by atoms with Crippen molar-refractivity contribution in [2.45, 2.75) is 12.2 Å². The van der Waals surface area contributed by atoms with Gasteiger partial charge in [0.2, 0.25) is 0 Å². The SMILES string of the molecule is CC1COCC1S(=O)(=O)F. The first-order valence-electron chi connectivity index (χ1n) is 3.03. The summed E-state index contributed by atoms with van der Waals surface area (Å²) in [6, 6.07) is 0. The Bertz CT molecular complexity index is 211. The van der Waals surface area contributed by atoms with E-state index in [0.29, 0.717) is 6.61 Å². The molecule has 2 atom stereocenters. The van der Waals surface area contributed by atoms with Crippen LogP contribution in [0, 0.1) is 5.92 Å². The summed E-state index contributed by atoms with van der Waals surface area (Å²) in [5.74, 6) is -0.213. The van der Waals surface area contributed by atoms with Crippen LogP contribution in [0.4, 0.5) is 3.89 Å². The zero-order valence-corrected chi connectivity index (χ0v) is 6.40. The van der Waals surface area contributed by atoms with Gasteiger partial charge < -0.3 is 4.74 Å². The lowest BCUT2D eigenvalue weighted by Gasteiger charge is -2.05. The highest BCUT2D eigenvalue weighted by molar-refractivity contribution is 7.87. The number of hydrogen-bond donors (Lipinski definition) is 0. The fraction of sp³-hybridized carbons (Fsp3) is 1.00. The Hall–Kier alpha value is -0.160. The van der Waals surface area contributed by atoms with Crippen molar-refractivity contribution >= 4 is 10.2 Å². The summed E-state index contributed by atoms with van der Waals surface area (Å²) in [7, 11) is -4.38. The van der Waals surface area contributed by atoms with Crippen molar-refractivity contribution in [1.29, 1.82) is 0 Å². The molecule has 10 heavy (non-hydrogen) atoms. The fourth-order valence-electron chi connectivity index (χ4n) is 1.00. The monoisotopic (exact) mass is 168 g/mol. The summed E-state index contributed by atoms with van der Waals surface area (Å²) in [6.45, 7) is 2.00. The van der Waals surface area contributed by atoms with Crippen LogP contribution in [0.15, 0.2) is 0 Å². The first-order valence-corrected chi connectivity index (χ1v) is 4.47. The second kappa shape index (κ2) is 2.47. The van der Waals surface area contributed by atoms with Crippen molar-refractivity contribution in [2.75, 3.05) is 13.2 Å². The quantitative estimate of drug-likeness (QED) is 0.529. The molecule has 0 bridgehead atoms. The van der Waals surface area contributed by atoms with E-state index in [2.05, 4.69) is 0 Å². The molecule has 0 aromatic heterocycles. The van der Waals surface area contributed by atoms with Gasteiger partial charge in [0, 0.05) is 5.92 Å². The van der Waals surface area contributed by atoms with Crippen molar-refractivity contribution in [3.63, 3.8) is 0 Å². The van der Waals surface area contributed by atoms with Gasteiger partial charge in [-0.25, -0.2) is 0 Å². The van der Waals surface area contributed by atoms with Crippen molar-refractivity contribution in [2.24, 2.45) is 5.92 Å². The largest absolute Gasteiger partial charge is 0.380 e. The Morgan fingerprint density at radius 2 is 2.10 bits per heavy atom. The number of halogens is 1. The topological polar surface area (TPSA) is 43.4 Å². The number of hydrogen-bond acceptors (Lipinski definition) is 3. The standard InChI is InChI=1S/C5H9FO3S/c1-4-2-9-3-5(4)10(6,7)8/h4-5H,2-3H2,1H3. The van der Waals surface area contributed by atoms with Gasteiger partial charge in [-0.3, -0.25) is 0 Å². The van der Waals surface area contributed by atoms with Crippen LogP contribution in [-0.4, -0.2) is 26.9 Å². The molecule has 0 saturated carbocycles. The third kappa shape index (κ3) is 1.46. The highest BCUT2D eigenvalue weighted by Gasteiger charge is 2.35. The maximum atomic E-state index is 12.2. The average Bonchev–Trinajstić information content (AvgIpc) is 2.11. The van der Waals surface area contributed by atoms with Crippen LogP contribution in [0.25, 0.3) is 0 Å². The van der Waals surface area contributed by atoms with Gasteiger partial charge in [0.05, 0.1) is 13.2 Å². The van der Waals surface area contributed by atoms with Crippen molar-refractivity contribution in [3.05, 3.63) is 0 Å². The maximum Gasteiger partial charge on any atom is 0.307 e. The van der Waals surface area contributed by atoms with Crippen molar-refractivity contribution in [3.8, 4) is 0 Å². The van der Waals surface area contributed by atoms with E-state index < -0.39 is 15.5 Å². The molecule has 2 unspecified atom stereocenters. The molecule has 0 aromatic rings. The Morgan fingerprint density at radius 1 is 1.50 bits per heavy atom. The number of rotatable bonds is 1. The van der Waals surface area contributed by atoms with E-state index >= 15 is 0 Å². The van der Waals surface area contributed by atoms with Gasteiger partial charge in [-0.2, -0.15) is 8.42 Å². The van der Waals surface area contributed by atoms with Crippen LogP contribution < -0.4 is 0 Å². The summed E-state index contributed by atoms with van der Waals surface area (Å²) in [6.07, 6.45) is 0. The fourth-order valence-corrected chi connectivity index (χ4v) is 1.89. The van der Waals surface area contributed by atoms with E-state index in [-0.39, 0.29) is 12.5 Å². The summed E-state index contributed by atoms with van der Waals surface area (Å²) < 4.78 is 37.6. The Balaban J connectivity index is 2.74. The highest BCUT2D eigenvalue weighted by Crippen LogP contribution is 2.21. The first kappa shape index (κ1) is 7.94. The third-order valence-electron chi connectivity index (χ3n) is 1.66. The van der Waals surface area contributed by atoms with E-state index in [0.717, 1.165) is 0 Å². The molecule has 1 aliphatic rings. The minimum absolute atomic E-state index is 0. The van der Waals surface area contributed by atoms with Crippen LogP contribution in [0.3, 0.4) is 0 Å². The van der Waals surface area contributed by atoms with Gasteiger partial charge in [0.1, 0.15) is 5.25 Å². The lowest BCUT2D eigenvalue weighted by molar-refractivity contribution is 0.188. The second-order valence-electron chi connectivity index (χ2n) is 2.53. The molecule has 5 heteroatoms. The van der Waals surface area contributed by atoms with Crippen LogP contribution in [-0.2, 0) is 15.0 Å². The molecule has 0 radical (unpaired) electrons. The normalized spacial score (nSPS) is 34.6. The van der Waals surface area contributed by atoms with Crippen LogP contribution in [0.1, 0.15) is 6.92 Å². The Kier molecular flexibility index (Phi) is 1.96. The van der Waals surface area contributed by atoms with Gasteiger partial charge in [-0.05, 0) is 0 Å². The molecule has 1 rings (SSSR count). The molecular formula is C5H9FO3S. The molecule has 3 nitrogen and oxygen atoms in total. The van der Waals surface area contributed by atoms with E-state index in [9.17, 15) is 12.3 Å².